The Balaban J connectivity index is 0.00000160. The summed E-state index contributed by atoms with van der Waals surface area (Å²) < 4.78 is 0. The number of anilines is 1. The average Bonchev–Trinajstić information content (AvgIpc) is 3.16. The molecule has 4 rings (SSSR count). The molecule has 0 atom stereocenters. The molecule has 0 bridgehead atoms. The summed E-state index contributed by atoms with van der Waals surface area (Å²) in [5.41, 5.74) is 9.61. The summed E-state index contributed by atoms with van der Waals surface area (Å²) in [5, 5.41) is 2.76. The molecule has 0 spiro atoms. The van der Waals surface area contributed by atoms with Gasteiger partial charge in [-0.05, 0) is 30.5 Å². The van der Waals surface area contributed by atoms with E-state index >= 15 is 0 Å². The summed E-state index contributed by atoms with van der Waals surface area (Å²) in [6, 6.07) is 22.1. The maximum atomic E-state index is 5.72. The van der Waals surface area contributed by atoms with Gasteiger partial charge in [0.15, 0.2) is 5.13 Å². The van der Waals surface area contributed by atoms with E-state index in [4.69, 9.17) is 5.73 Å². The fourth-order valence-corrected chi connectivity index (χ4v) is 4.65. The predicted molar refractivity (Wildman–Crippen MR) is 139 cm³/mol. The second-order valence-corrected chi connectivity index (χ2v) is 8.27. The third kappa shape index (κ3) is 7.63. The van der Waals surface area contributed by atoms with Gasteiger partial charge in [0.05, 0.1) is 11.7 Å². The molecule has 0 amide bonds. The zero-order chi connectivity index (χ0) is 19.2. The van der Waals surface area contributed by atoms with Crippen LogP contribution in [0, 0.1) is 0 Å². The van der Waals surface area contributed by atoms with E-state index in [1.54, 1.807) is 0 Å². The van der Waals surface area contributed by atoms with Crippen molar-refractivity contribution in [3.8, 4) is 0 Å². The van der Waals surface area contributed by atoms with Gasteiger partial charge in [0.25, 0.3) is 0 Å². The van der Waals surface area contributed by atoms with Crippen molar-refractivity contribution >= 4 is 53.7 Å². The summed E-state index contributed by atoms with van der Waals surface area (Å²) in [5.74, 6) is 0. The first kappa shape index (κ1) is 27.7. The van der Waals surface area contributed by atoms with Gasteiger partial charge >= 0.3 is 0 Å². The van der Waals surface area contributed by atoms with Crippen molar-refractivity contribution in [3.63, 3.8) is 0 Å². The topological polar surface area (TPSA) is 45.4 Å². The van der Waals surface area contributed by atoms with Crippen LogP contribution in [0.25, 0.3) is 0 Å². The smallest absolute Gasteiger partial charge is 0.180 e. The number of hydrogen-bond donors (Lipinski definition) is 1. The zero-order valence-electron chi connectivity index (χ0n) is 17.4. The molecule has 1 aromatic heterocycles. The van der Waals surface area contributed by atoms with Crippen molar-refractivity contribution < 1.29 is 0 Å². The number of aromatic nitrogens is 1. The number of nitrogens with two attached hydrogens (primary N) is 1. The number of piperazine rings is 1. The first-order chi connectivity index (χ1) is 13.8. The Morgan fingerprint density at radius 2 is 1.39 bits per heavy atom. The van der Waals surface area contributed by atoms with E-state index in [0.29, 0.717) is 11.2 Å². The highest BCUT2D eigenvalue weighted by atomic mass is 35.5. The first-order valence-electron chi connectivity index (χ1n) is 10.1. The van der Waals surface area contributed by atoms with Crippen molar-refractivity contribution in [1.29, 1.82) is 0 Å². The molecule has 1 fully saturated rings. The second-order valence-electron chi connectivity index (χ2n) is 7.38. The van der Waals surface area contributed by atoms with E-state index in [9.17, 15) is 0 Å². The Bertz CT molecular complexity index is 816. The lowest BCUT2D eigenvalue weighted by molar-refractivity contribution is 0.108. The van der Waals surface area contributed by atoms with Gasteiger partial charge in [0, 0.05) is 31.6 Å². The average molecular weight is 502 g/mol. The van der Waals surface area contributed by atoms with Gasteiger partial charge in [-0.2, -0.15) is 0 Å². The molecule has 0 aliphatic carbocycles. The minimum atomic E-state index is 0. The lowest BCUT2D eigenvalue weighted by atomic mass is 9.96. The Morgan fingerprint density at radius 1 is 0.839 bits per heavy atom. The van der Waals surface area contributed by atoms with Crippen LogP contribution in [-0.2, 0) is 6.42 Å². The fourth-order valence-electron chi connectivity index (χ4n) is 4.05. The van der Waals surface area contributed by atoms with Crippen LogP contribution < -0.4 is 5.73 Å². The number of benzene rings is 2. The molecule has 2 N–H and O–H groups in total. The van der Waals surface area contributed by atoms with Crippen LogP contribution in [0.5, 0.6) is 0 Å². The largest absolute Gasteiger partial charge is 0.375 e. The Morgan fingerprint density at radius 3 is 1.87 bits per heavy atom. The minimum absolute atomic E-state index is 0. The molecular weight excluding hydrogens is 471 g/mol. The van der Waals surface area contributed by atoms with E-state index in [0.717, 1.165) is 51.3 Å². The van der Waals surface area contributed by atoms with E-state index in [-0.39, 0.29) is 37.2 Å². The van der Waals surface area contributed by atoms with Gasteiger partial charge in [-0.25, -0.2) is 4.98 Å². The molecule has 0 saturated carbocycles. The molecule has 31 heavy (non-hydrogen) atoms. The standard InChI is InChI=1S/C23H28N4S.3ClH/c24-23-25-21(18-28-23)12-7-13-26-14-16-27(17-15-26)22(19-8-3-1-4-9-19)20-10-5-2-6-11-20;;;/h1-6,8-11,18,22H,7,12-17H2,(H2,24,25);3*1H. The quantitative estimate of drug-likeness (QED) is 0.475. The van der Waals surface area contributed by atoms with Gasteiger partial charge in [-0.15, -0.1) is 48.6 Å². The third-order valence-electron chi connectivity index (χ3n) is 5.48. The van der Waals surface area contributed by atoms with Crippen molar-refractivity contribution in [2.45, 2.75) is 18.9 Å². The number of rotatable bonds is 7. The van der Waals surface area contributed by atoms with E-state index in [2.05, 4.69) is 80.8 Å². The van der Waals surface area contributed by atoms with Crippen LogP contribution in [0.15, 0.2) is 66.0 Å². The second kappa shape index (κ2) is 13.9. The van der Waals surface area contributed by atoms with Crippen molar-refractivity contribution in [2.24, 2.45) is 0 Å². The van der Waals surface area contributed by atoms with E-state index < -0.39 is 0 Å². The van der Waals surface area contributed by atoms with Crippen LogP contribution in [-0.4, -0.2) is 47.5 Å². The molecule has 0 unspecified atom stereocenters. The highest BCUT2D eigenvalue weighted by Crippen LogP contribution is 2.29. The highest BCUT2D eigenvalue weighted by Gasteiger charge is 2.26. The van der Waals surface area contributed by atoms with Gasteiger partial charge in [-0.1, -0.05) is 60.7 Å². The highest BCUT2D eigenvalue weighted by molar-refractivity contribution is 7.13. The van der Waals surface area contributed by atoms with Crippen molar-refractivity contribution in [1.82, 2.24) is 14.8 Å². The number of thiazole rings is 1. The monoisotopic (exact) mass is 500 g/mol. The molecule has 4 nitrogen and oxygen atoms in total. The van der Waals surface area contributed by atoms with Gasteiger partial charge < -0.3 is 10.6 Å². The Labute approximate surface area is 208 Å². The van der Waals surface area contributed by atoms with Crippen LogP contribution >= 0.6 is 48.6 Å². The minimum Gasteiger partial charge on any atom is -0.375 e. The normalized spacial score (nSPS) is 14.4. The van der Waals surface area contributed by atoms with Gasteiger partial charge in [-0.3, -0.25) is 4.90 Å². The van der Waals surface area contributed by atoms with Crippen molar-refractivity contribution in [2.75, 3.05) is 38.5 Å². The predicted octanol–water partition coefficient (Wildman–Crippen LogP) is 5.33. The summed E-state index contributed by atoms with van der Waals surface area (Å²) in [7, 11) is 0. The summed E-state index contributed by atoms with van der Waals surface area (Å²) in [6.45, 7) is 5.56. The molecule has 2 heterocycles. The lowest BCUT2D eigenvalue weighted by Crippen LogP contribution is -2.48. The number of aryl methyl sites for hydroxylation is 1. The first-order valence-corrected chi connectivity index (χ1v) is 10.9. The zero-order valence-corrected chi connectivity index (χ0v) is 20.7. The van der Waals surface area contributed by atoms with Gasteiger partial charge in [0.1, 0.15) is 0 Å². The SMILES string of the molecule is Cl.Cl.Cl.Nc1nc(CCCN2CCN(C(c3ccccc3)c3ccccc3)CC2)cs1. The maximum absolute atomic E-state index is 5.72. The Hall–Kier alpha value is -1.34. The Kier molecular flexibility index (Phi) is 12.5. The summed E-state index contributed by atoms with van der Waals surface area (Å²) in [6.07, 6.45) is 2.16. The van der Waals surface area contributed by atoms with Crippen molar-refractivity contribution in [3.05, 3.63) is 82.9 Å². The molecule has 170 valence electrons. The molecule has 0 radical (unpaired) electrons. The fraction of sp³-hybridized carbons (Fsp3) is 0.348. The maximum Gasteiger partial charge on any atom is 0.180 e. The third-order valence-corrected chi connectivity index (χ3v) is 6.20. The molecule has 1 aliphatic heterocycles. The van der Waals surface area contributed by atoms with E-state index in [1.807, 2.05) is 0 Å². The lowest BCUT2D eigenvalue weighted by Gasteiger charge is -2.39. The summed E-state index contributed by atoms with van der Waals surface area (Å²) >= 11 is 1.54. The molecular formula is C23H31Cl3N4S. The molecule has 2 aromatic carbocycles. The molecule has 1 saturated heterocycles. The number of hydrogen-bond acceptors (Lipinski definition) is 5. The number of nitrogens with zero attached hydrogens (tertiary/aromatic N) is 3. The molecule has 8 heteroatoms. The van der Waals surface area contributed by atoms with Crippen LogP contribution in [0.4, 0.5) is 5.13 Å². The van der Waals surface area contributed by atoms with Gasteiger partial charge in [0.2, 0.25) is 0 Å². The number of nitrogen functional groups attached to an aromatic ring is 1. The molecule has 1 aliphatic rings. The van der Waals surface area contributed by atoms with E-state index in [1.165, 1.54) is 22.5 Å². The summed E-state index contributed by atoms with van der Waals surface area (Å²) in [4.78, 5) is 9.58. The number of halogens is 3. The van der Waals surface area contributed by atoms with Crippen LogP contribution in [0.1, 0.15) is 29.3 Å². The molecule has 3 aromatic rings. The van der Waals surface area contributed by atoms with Crippen LogP contribution in [0.2, 0.25) is 0 Å². The van der Waals surface area contributed by atoms with Crippen LogP contribution in [0.3, 0.4) is 0 Å².